The number of carbonyl (C=O) groups excluding carboxylic acids is 1. The Balaban J connectivity index is 1.37. The maximum absolute atomic E-state index is 13.1. The van der Waals surface area contributed by atoms with Crippen LogP contribution in [0.1, 0.15) is 15.9 Å². The third-order valence-electron chi connectivity index (χ3n) is 6.02. The van der Waals surface area contributed by atoms with Crippen molar-refractivity contribution in [2.24, 2.45) is 0 Å². The summed E-state index contributed by atoms with van der Waals surface area (Å²) in [5.41, 5.74) is 2.69. The lowest BCUT2D eigenvalue weighted by Crippen LogP contribution is -2.49. The number of alkyl halides is 2. The smallest absolute Gasteiger partial charge is 0.341 e. The fourth-order valence-corrected chi connectivity index (χ4v) is 5.03. The summed E-state index contributed by atoms with van der Waals surface area (Å²) in [5, 5.41) is 8.51. The molecular weight excluding hydrogens is 492 g/mol. The number of nitrogens with zero attached hydrogens (tertiary/aromatic N) is 7. The van der Waals surface area contributed by atoms with E-state index in [0.29, 0.717) is 30.1 Å². The molecule has 1 aliphatic rings. The van der Waals surface area contributed by atoms with Crippen molar-refractivity contribution in [2.45, 2.75) is 17.6 Å². The van der Waals surface area contributed by atoms with Gasteiger partial charge in [-0.05, 0) is 31.2 Å². The van der Waals surface area contributed by atoms with Crippen molar-refractivity contribution in [1.82, 2.24) is 29.9 Å². The predicted molar refractivity (Wildman–Crippen MR) is 127 cm³/mol. The summed E-state index contributed by atoms with van der Waals surface area (Å²) in [6.07, 6.45) is 1.43. The van der Waals surface area contributed by atoms with Gasteiger partial charge in [-0.2, -0.15) is 13.5 Å². The first-order valence-corrected chi connectivity index (χ1v) is 12.6. The van der Waals surface area contributed by atoms with Crippen molar-refractivity contribution in [1.29, 1.82) is 0 Å². The molecule has 0 saturated carbocycles. The number of hydrogen-bond acceptors (Lipinski definition) is 8. The van der Waals surface area contributed by atoms with Crippen molar-refractivity contribution < 1.29 is 22.0 Å². The van der Waals surface area contributed by atoms with Gasteiger partial charge in [-0.15, -0.1) is 5.10 Å². The molecule has 186 valence electrons. The Morgan fingerprint density at radius 2 is 1.67 bits per heavy atom. The molecule has 0 spiro atoms. The number of sulfone groups is 1. The van der Waals surface area contributed by atoms with Gasteiger partial charge in [-0.1, -0.05) is 35.0 Å². The summed E-state index contributed by atoms with van der Waals surface area (Å²) < 4.78 is 52.0. The summed E-state index contributed by atoms with van der Waals surface area (Å²) in [7, 11) is -4.92. The lowest BCUT2D eigenvalue weighted by atomic mass is 10.2. The number of aromatic nitrogens is 5. The van der Waals surface area contributed by atoms with Crippen LogP contribution in [0.5, 0.6) is 0 Å². The molecule has 1 amide bonds. The van der Waals surface area contributed by atoms with E-state index in [4.69, 9.17) is 0 Å². The Kier molecular flexibility index (Phi) is 6.08. The van der Waals surface area contributed by atoms with Crippen LogP contribution in [-0.2, 0) is 9.84 Å². The van der Waals surface area contributed by atoms with Crippen molar-refractivity contribution in [3.63, 3.8) is 0 Å². The fraction of sp³-hybridized carbons (Fsp3) is 0.261. The van der Waals surface area contributed by atoms with Gasteiger partial charge in [0.05, 0.1) is 16.1 Å². The number of benzene rings is 2. The number of carbonyl (C=O) groups is 1. The van der Waals surface area contributed by atoms with Gasteiger partial charge < -0.3 is 9.80 Å². The molecule has 0 aliphatic carbocycles. The summed E-state index contributed by atoms with van der Waals surface area (Å²) in [5.74, 6) is -3.67. The van der Waals surface area contributed by atoms with E-state index in [2.05, 4.69) is 20.3 Å². The molecule has 1 saturated heterocycles. The van der Waals surface area contributed by atoms with Gasteiger partial charge in [-0.25, -0.2) is 18.4 Å². The Labute approximate surface area is 205 Å². The van der Waals surface area contributed by atoms with Crippen molar-refractivity contribution in [3.8, 4) is 5.69 Å². The van der Waals surface area contributed by atoms with Gasteiger partial charge in [0.25, 0.3) is 5.91 Å². The molecule has 5 rings (SSSR count). The predicted octanol–water partition coefficient (Wildman–Crippen LogP) is 2.48. The van der Waals surface area contributed by atoms with Crippen molar-refractivity contribution in [2.75, 3.05) is 31.1 Å². The second-order valence-corrected chi connectivity index (χ2v) is 10.2. The van der Waals surface area contributed by atoms with E-state index in [1.807, 2.05) is 36.1 Å². The molecule has 3 heterocycles. The van der Waals surface area contributed by atoms with Gasteiger partial charge >= 0.3 is 5.76 Å². The number of hydrogen-bond donors (Lipinski definition) is 0. The minimum Gasteiger partial charge on any atom is -0.351 e. The summed E-state index contributed by atoms with van der Waals surface area (Å²) in [6, 6.07) is 12.8. The van der Waals surface area contributed by atoms with E-state index in [9.17, 15) is 22.0 Å². The highest BCUT2D eigenvalue weighted by atomic mass is 32.2. The highest BCUT2D eigenvalue weighted by Gasteiger charge is 2.33. The zero-order valence-corrected chi connectivity index (χ0v) is 19.9. The normalized spacial score (nSPS) is 14.6. The van der Waals surface area contributed by atoms with E-state index in [-0.39, 0.29) is 18.7 Å². The van der Waals surface area contributed by atoms with Crippen LogP contribution < -0.4 is 4.90 Å². The summed E-state index contributed by atoms with van der Waals surface area (Å²) >= 11 is 0. The Morgan fingerprint density at radius 1 is 0.972 bits per heavy atom. The third kappa shape index (κ3) is 4.15. The molecule has 2 aromatic carbocycles. The summed E-state index contributed by atoms with van der Waals surface area (Å²) in [6.45, 7) is 3.21. The molecule has 13 heteroatoms. The number of anilines is 1. The molecule has 1 fully saturated rings. The van der Waals surface area contributed by atoms with Crippen LogP contribution in [0.3, 0.4) is 0 Å². The van der Waals surface area contributed by atoms with Gasteiger partial charge in [0.2, 0.25) is 9.84 Å². The number of aryl methyl sites for hydroxylation is 1. The maximum atomic E-state index is 13.1. The second kappa shape index (κ2) is 9.22. The molecule has 2 aromatic heterocycles. The minimum absolute atomic E-state index is 0.236. The molecule has 0 N–H and O–H groups in total. The topological polar surface area (TPSA) is 114 Å². The summed E-state index contributed by atoms with van der Waals surface area (Å²) in [4.78, 5) is 24.5. The number of rotatable bonds is 5. The monoisotopic (exact) mass is 513 g/mol. The van der Waals surface area contributed by atoms with Gasteiger partial charge in [-0.3, -0.25) is 4.79 Å². The van der Waals surface area contributed by atoms with E-state index in [1.54, 1.807) is 4.68 Å². The standard InChI is InChI=1S/C23H21F2N7O3S/c1-15-6-8-16(9-7-15)32-21-19(28-29-32)20(26-14-27-21)30-10-12-31(13-11-30)22(33)17-4-2-3-5-18(17)36(34,35)23(24)25/h2-9,14,23H,10-13H2,1H3. The number of amides is 1. The third-order valence-corrected chi connectivity index (χ3v) is 7.46. The van der Waals surface area contributed by atoms with Crippen LogP contribution in [0.25, 0.3) is 16.9 Å². The molecule has 0 unspecified atom stereocenters. The molecule has 0 atom stereocenters. The Bertz CT molecular complexity index is 1530. The highest BCUT2D eigenvalue weighted by molar-refractivity contribution is 7.91. The van der Waals surface area contributed by atoms with Crippen LogP contribution in [-0.4, -0.2) is 76.1 Å². The zero-order chi connectivity index (χ0) is 25.4. The Hall–Kier alpha value is -4.00. The van der Waals surface area contributed by atoms with Crippen LogP contribution >= 0.6 is 0 Å². The van der Waals surface area contributed by atoms with Crippen LogP contribution in [0.15, 0.2) is 59.8 Å². The Morgan fingerprint density at radius 3 is 2.36 bits per heavy atom. The molecule has 10 nitrogen and oxygen atoms in total. The number of piperazine rings is 1. The van der Waals surface area contributed by atoms with Crippen LogP contribution in [0.2, 0.25) is 0 Å². The lowest BCUT2D eigenvalue weighted by Gasteiger charge is -2.35. The first kappa shape index (κ1) is 23.7. The van der Waals surface area contributed by atoms with Gasteiger partial charge in [0.1, 0.15) is 6.33 Å². The zero-order valence-electron chi connectivity index (χ0n) is 19.1. The van der Waals surface area contributed by atoms with Gasteiger partial charge in [0.15, 0.2) is 17.0 Å². The first-order chi connectivity index (χ1) is 17.3. The van der Waals surface area contributed by atoms with E-state index < -0.39 is 26.4 Å². The lowest BCUT2D eigenvalue weighted by molar-refractivity contribution is 0.0742. The number of fused-ring (bicyclic) bond motifs is 1. The average molecular weight is 514 g/mol. The molecule has 0 radical (unpaired) electrons. The first-order valence-electron chi connectivity index (χ1n) is 11.1. The van der Waals surface area contributed by atoms with E-state index >= 15 is 0 Å². The van der Waals surface area contributed by atoms with Crippen LogP contribution in [0, 0.1) is 6.92 Å². The molecular formula is C23H21F2N7O3S. The van der Waals surface area contributed by atoms with E-state index in [1.165, 1.54) is 29.4 Å². The quantitative estimate of drug-likeness (QED) is 0.400. The average Bonchev–Trinajstić information content (AvgIpc) is 3.33. The van der Waals surface area contributed by atoms with Gasteiger partial charge in [0, 0.05) is 26.2 Å². The van der Waals surface area contributed by atoms with Crippen LogP contribution in [0.4, 0.5) is 14.6 Å². The number of halogens is 2. The molecule has 4 aromatic rings. The second-order valence-electron chi connectivity index (χ2n) is 8.29. The largest absolute Gasteiger partial charge is 0.351 e. The minimum atomic E-state index is -4.92. The van der Waals surface area contributed by atoms with Crippen molar-refractivity contribution >= 4 is 32.7 Å². The van der Waals surface area contributed by atoms with Crippen molar-refractivity contribution in [3.05, 3.63) is 66.0 Å². The SMILES string of the molecule is Cc1ccc(-n2nnc3c(N4CCN(C(=O)c5ccccc5S(=O)(=O)C(F)F)CC4)ncnc32)cc1. The molecule has 1 aliphatic heterocycles. The fourth-order valence-electron chi connectivity index (χ4n) is 4.11. The maximum Gasteiger partial charge on any atom is 0.341 e. The van der Waals surface area contributed by atoms with E-state index in [0.717, 1.165) is 17.3 Å². The molecule has 0 bridgehead atoms. The highest BCUT2D eigenvalue weighted by Crippen LogP contribution is 2.26. The molecule has 36 heavy (non-hydrogen) atoms.